The van der Waals surface area contributed by atoms with Gasteiger partial charge in [0.25, 0.3) is 0 Å². The van der Waals surface area contributed by atoms with Crippen LogP contribution in [0.15, 0.2) is 35.7 Å². The second kappa shape index (κ2) is 4.98. The van der Waals surface area contributed by atoms with Gasteiger partial charge in [0, 0.05) is 4.88 Å². The van der Waals surface area contributed by atoms with Crippen LogP contribution in [0.2, 0.25) is 0 Å². The van der Waals surface area contributed by atoms with Gasteiger partial charge in [-0.3, -0.25) is 0 Å². The Kier molecular flexibility index (Phi) is 3.40. The van der Waals surface area contributed by atoms with Gasteiger partial charge in [-0.2, -0.15) is 5.26 Å². The molecule has 4 heteroatoms. The smallest absolute Gasteiger partial charge is 0.143 e. The molecule has 17 heavy (non-hydrogen) atoms. The number of anilines is 1. The summed E-state index contributed by atoms with van der Waals surface area (Å²) in [6, 6.07) is 10.5. The normalized spacial score (nSPS) is 11.8. The minimum absolute atomic E-state index is 0.0592. The first-order valence-corrected chi connectivity index (χ1v) is 6.09. The molecule has 1 unspecified atom stereocenters. The van der Waals surface area contributed by atoms with Crippen LogP contribution in [0.5, 0.6) is 0 Å². The van der Waals surface area contributed by atoms with Crippen LogP contribution in [0.4, 0.5) is 10.1 Å². The maximum Gasteiger partial charge on any atom is 0.143 e. The summed E-state index contributed by atoms with van der Waals surface area (Å²) < 4.78 is 13.4. The predicted molar refractivity (Wildman–Crippen MR) is 67.5 cm³/mol. The Hall–Kier alpha value is -1.86. The Bertz CT molecular complexity index is 543. The van der Waals surface area contributed by atoms with Gasteiger partial charge < -0.3 is 5.32 Å². The van der Waals surface area contributed by atoms with Crippen LogP contribution >= 0.6 is 11.3 Å². The van der Waals surface area contributed by atoms with Crippen LogP contribution in [0.25, 0.3) is 0 Å². The van der Waals surface area contributed by atoms with E-state index in [1.165, 1.54) is 6.07 Å². The van der Waals surface area contributed by atoms with E-state index in [0.717, 1.165) is 4.88 Å². The Labute approximate surface area is 103 Å². The number of hydrogen-bond donors (Lipinski definition) is 1. The fraction of sp³-hybridized carbons (Fsp3) is 0.154. The fourth-order valence-corrected chi connectivity index (χ4v) is 2.33. The molecule has 2 rings (SSSR count). The average Bonchev–Trinajstić information content (AvgIpc) is 2.82. The average molecular weight is 246 g/mol. The van der Waals surface area contributed by atoms with Crippen LogP contribution in [-0.2, 0) is 0 Å². The fourth-order valence-electron chi connectivity index (χ4n) is 1.60. The molecule has 0 radical (unpaired) electrons. The van der Waals surface area contributed by atoms with Crippen LogP contribution in [0.3, 0.4) is 0 Å². The molecule has 0 fully saturated rings. The largest absolute Gasteiger partial charge is 0.377 e. The molecular weight excluding hydrogens is 235 g/mol. The van der Waals surface area contributed by atoms with Crippen LogP contribution in [0, 0.1) is 17.1 Å². The van der Waals surface area contributed by atoms with E-state index in [0.29, 0.717) is 5.69 Å². The zero-order valence-corrected chi connectivity index (χ0v) is 10.1. The predicted octanol–water partition coefficient (Wildman–Crippen LogP) is 3.93. The number of halogens is 1. The topological polar surface area (TPSA) is 35.8 Å². The molecule has 1 N–H and O–H groups in total. The first-order chi connectivity index (χ1) is 8.22. The maximum atomic E-state index is 13.4. The van der Waals surface area contributed by atoms with Crippen molar-refractivity contribution >= 4 is 17.0 Å². The molecule has 86 valence electrons. The van der Waals surface area contributed by atoms with Gasteiger partial charge in [0.2, 0.25) is 0 Å². The highest BCUT2D eigenvalue weighted by Crippen LogP contribution is 2.25. The number of nitrogens with zero attached hydrogens (tertiary/aromatic N) is 1. The van der Waals surface area contributed by atoms with E-state index in [1.54, 1.807) is 23.5 Å². The second-order valence-electron chi connectivity index (χ2n) is 3.66. The summed E-state index contributed by atoms with van der Waals surface area (Å²) in [7, 11) is 0. The molecule has 0 saturated carbocycles. The molecule has 1 atom stereocenters. The summed E-state index contributed by atoms with van der Waals surface area (Å²) in [6.45, 7) is 1.98. The minimum Gasteiger partial charge on any atom is -0.377 e. The van der Waals surface area contributed by atoms with Gasteiger partial charge in [-0.15, -0.1) is 11.3 Å². The Balaban J connectivity index is 2.25. The van der Waals surface area contributed by atoms with E-state index in [4.69, 9.17) is 5.26 Å². The van der Waals surface area contributed by atoms with E-state index in [2.05, 4.69) is 5.32 Å². The molecule has 0 saturated heterocycles. The third-order valence-electron chi connectivity index (χ3n) is 2.47. The molecule has 0 aliphatic carbocycles. The van der Waals surface area contributed by atoms with Crippen molar-refractivity contribution in [1.29, 1.82) is 5.26 Å². The lowest BCUT2D eigenvalue weighted by Crippen LogP contribution is -2.06. The van der Waals surface area contributed by atoms with Crippen LogP contribution in [-0.4, -0.2) is 0 Å². The summed E-state index contributed by atoms with van der Waals surface area (Å²) in [5.41, 5.74) is 0.601. The van der Waals surface area contributed by atoms with E-state index in [1.807, 2.05) is 30.5 Å². The van der Waals surface area contributed by atoms with Gasteiger partial charge in [0.1, 0.15) is 17.4 Å². The lowest BCUT2D eigenvalue weighted by Gasteiger charge is -2.14. The van der Waals surface area contributed by atoms with Crippen molar-refractivity contribution in [3.05, 3.63) is 52.0 Å². The number of nitrogens with one attached hydrogen (secondary N) is 1. The number of nitriles is 1. The maximum absolute atomic E-state index is 13.4. The van der Waals surface area contributed by atoms with E-state index >= 15 is 0 Å². The van der Waals surface area contributed by atoms with Crippen molar-refractivity contribution in [2.75, 3.05) is 5.32 Å². The van der Waals surface area contributed by atoms with Crippen LogP contribution in [0.1, 0.15) is 23.4 Å². The Morgan fingerprint density at radius 3 is 2.82 bits per heavy atom. The number of thiophene rings is 1. The van der Waals surface area contributed by atoms with Gasteiger partial charge in [0.05, 0.1) is 11.7 Å². The number of rotatable bonds is 3. The Morgan fingerprint density at radius 2 is 2.18 bits per heavy atom. The molecule has 2 aromatic rings. The van der Waals surface area contributed by atoms with Gasteiger partial charge in [0.15, 0.2) is 0 Å². The summed E-state index contributed by atoms with van der Waals surface area (Å²) in [6.07, 6.45) is 0. The number of hydrogen-bond acceptors (Lipinski definition) is 3. The molecular formula is C13H11FN2S. The third kappa shape index (κ3) is 2.45. The molecule has 2 nitrogen and oxygen atoms in total. The highest BCUT2D eigenvalue weighted by atomic mass is 32.1. The molecule has 0 spiro atoms. The summed E-state index contributed by atoms with van der Waals surface area (Å²) in [4.78, 5) is 1.15. The number of benzene rings is 1. The van der Waals surface area contributed by atoms with Crippen LogP contribution < -0.4 is 5.32 Å². The van der Waals surface area contributed by atoms with Crippen molar-refractivity contribution in [3.63, 3.8) is 0 Å². The highest BCUT2D eigenvalue weighted by Gasteiger charge is 2.11. The van der Waals surface area contributed by atoms with Crippen molar-refractivity contribution in [2.24, 2.45) is 0 Å². The van der Waals surface area contributed by atoms with E-state index in [9.17, 15) is 4.39 Å². The molecule has 1 aromatic carbocycles. The lowest BCUT2D eigenvalue weighted by molar-refractivity contribution is 0.624. The molecule has 0 aliphatic heterocycles. The SMILES string of the molecule is CC(Nc1cccc(F)c1C#N)c1cccs1. The second-order valence-corrected chi connectivity index (χ2v) is 4.63. The molecule has 1 heterocycles. The van der Waals surface area contributed by atoms with Crippen molar-refractivity contribution in [3.8, 4) is 6.07 Å². The molecule has 0 aliphatic rings. The minimum atomic E-state index is -0.490. The molecule has 1 aromatic heterocycles. The van der Waals surface area contributed by atoms with Gasteiger partial charge in [-0.1, -0.05) is 12.1 Å². The molecule has 0 bridgehead atoms. The van der Waals surface area contributed by atoms with Gasteiger partial charge in [-0.25, -0.2) is 4.39 Å². The monoisotopic (exact) mass is 246 g/mol. The van der Waals surface area contributed by atoms with Gasteiger partial charge in [-0.05, 0) is 30.5 Å². The van der Waals surface area contributed by atoms with Crippen molar-refractivity contribution < 1.29 is 4.39 Å². The van der Waals surface area contributed by atoms with Crippen molar-refractivity contribution in [2.45, 2.75) is 13.0 Å². The standard InChI is InChI=1S/C13H11FN2S/c1-9(13-6-3-7-17-13)16-12-5-2-4-11(14)10(12)8-15/h2-7,9,16H,1H3. The third-order valence-corrected chi connectivity index (χ3v) is 3.52. The van der Waals surface area contributed by atoms with Crippen molar-refractivity contribution in [1.82, 2.24) is 0 Å². The Morgan fingerprint density at radius 1 is 1.35 bits per heavy atom. The zero-order chi connectivity index (χ0) is 12.3. The quantitative estimate of drug-likeness (QED) is 0.890. The lowest BCUT2D eigenvalue weighted by atomic mass is 10.1. The molecule has 0 amide bonds. The summed E-state index contributed by atoms with van der Waals surface area (Å²) in [5.74, 6) is -0.490. The van der Waals surface area contributed by atoms with E-state index in [-0.39, 0.29) is 11.6 Å². The zero-order valence-electron chi connectivity index (χ0n) is 9.27. The summed E-state index contributed by atoms with van der Waals surface area (Å²) in [5, 5.41) is 14.1. The highest BCUT2D eigenvalue weighted by molar-refractivity contribution is 7.10. The summed E-state index contributed by atoms with van der Waals surface area (Å²) >= 11 is 1.63. The first-order valence-electron chi connectivity index (χ1n) is 5.21. The first kappa shape index (κ1) is 11.6. The van der Waals surface area contributed by atoms with E-state index < -0.39 is 5.82 Å². The van der Waals surface area contributed by atoms with Gasteiger partial charge >= 0.3 is 0 Å².